The van der Waals surface area contributed by atoms with E-state index in [1.165, 1.54) is 18.2 Å². The van der Waals surface area contributed by atoms with Crippen LogP contribution in [0.5, 0.6) is 0 Å². The minimum absolute atomic E-state index is 0.100. The van der Waals surface area contributed by atoms with E-state index in [0.717, 1.165) is 25.7 Å². The Morgan fingerprint density at radius 1 is 1.10 bits per heavy atom. The highest BCUT2D eigenvalue weighted by atomic mass is 35.5. The van der Waals surface area contributed by atoms with Gasteiger partial charge in [0.15, 0.2) is 0 Å². The second-order valence-electron chi connectivity index (χ2n) is 5.07. The van der Waals surface area contributed by atoms with Gasteiger partial charge in [0.25, 0.3) is 6.43 Å². The van der Waals surface area contributed by atoms with E-state index in [1.807, 2.05) is 0 Å². The molecule has 0 bridgehead atoms. The zero-order valence-corrected chi connectivity index (χ0v) is 12.0. The fourth-order valence-electron chi connectivity index (χ4n) is 2.45. The van der Waals surface area contributed by atoms with Crippen molar-refractivity contribution in [2.24, 2.45) is 0 Å². The second-order valence-corrected chi connectivity index (χ2v) is 5.51. The predicted molar refractivity (Wildman–Crippen MR) is 75.0 cm³/mol. The average Bonchev–Trinajstić information content (AvgIpc) is 2.75. The van der Waals surface area contributed by atoms with E-state index in [2.05, 4.69) is 0 Å². The molecule has 1 heterocycles. The highest BCUT2D eigenvalue weighted by Crippen LogP contribution is 2.28. The van der Waals surface area contributed by atoms with Crippen molar-refractivity contribution in [3.05, 3.63) is 35.4 Å². The molecule has 0 aliphatic carbocycles. The van der Waals surface area contributed by atoms with E-state index in [0.29, 0.717) is 18.7 Å². The molecule has 0 aromatic heterocycles. The highest BCUT2D eigenvalue weighted by Gasteiger charge is 2.25. The van der Waals surface area contributed by atoms with Gasteiger partial charge in [0, 0.05) is 18.7 Å². The molecular formula is C15H18ClF2NO. The van der Waals surface area contributed by atoms with Gasteiger partial charge in [0.05, 0.1) is 0 Å². The van der Waals surface area contributed by atoms with Crippen LogP contribution in [0.3, 0.4) is 0 Å². The number of hydrogen-bond acceptors (Lipinski definition) is 1. The average molecular weight is 302 g/mol. The fourth-order valence-corrected chi connectivity index (χ4v) is 2.72. The zero-order valence-electron chi connectivity index (χ0n) is 11.2. The smallest absolute Gasteiger partial charge is 0.263 e. The molecule has 0 saturated carbocycles. The molecule has 1 amide bonds. The summed E-state index contributed by atoms with van der Waals surface area (Å²) in [7, 11) is 0. The minimum atomic E-state index is -2.55. The zero-order chi connectivity index (χ0) is 14.5. The first-order valence-corrected chi connectivity index (χ1v) is 7.34. The molecule has 110 valence electrons. The number of hydrogen-bond donors (Lipinski definition) is 0. The largest absolute Gasteiger partial charge is 0.341 e. The first-order valence-electron chi connectivity index (χ1n) is 6.90. The van der Waals surface area contributed by atoms with Crippen molar-refractivity contribution < 1.29 is 13.6 Å². The van der Waals surface area contributed by atoms with Crippen molar-refractivity contribution in [1.29, 1.82) is 0 Å². The molecule has 0 N–H and O–H groups in total. The van der Waals surface area contributed by atoms with Crippen LogP contribution in [-0.4, -0.2) is 23.9 Å². The van der Waals surface area contributed by atoms with E-state index in [-0.39, 0.29) is 11.5 Å². The monoisotopic (exact) mass is 301 g/mol. The van der Waals surface area contributed by atoms with Crippen molar-refractivity contribution in [3.8, 4) is 0 Å². The maximum atomic E-state index is 12.7. The van der Waals surface area contributed by atoms with Gasteiger partial charge in [-0.05, 0) is 24.5 Å². The van der Waals surface area contributed by atoms with Gasteiger partial charge in [-0.3, -0.25) is 4.79 Å². The number of alkyl halides is 3. The van der Waals surface area contributed by atoms with Crippen molar-refractivity contribution in [1.82, 2.24) is 4.90 Å². The van der Waals surface area contributed by atoms with Crippen LogP contribution in [0.15, 0.2) is 24.3 Å². The summed E-state index contributed by atoms with van der Waals surface area (Å²) < 4.78 is 25.4. The summed E-state index contributed by atoms with van der Waals surface area (Å²) in [5, 5.41) is -0.883. The van der Waals surface area contributed by atoms with Crippen molar-refractivity contribution >= 4 is 17.5 Å². The third kappa shape index (κ3) is 3.69. The van der Waals surface area contributed by atoms with Gasteiger partial charge in [-0.25, -0.2) is 8.78 Å². The number of halogens is 3. The first kappa shape index (κ1) is 15.2. The van der Waals surface area contributed by atoms with E-state index < -0.39 is 11.8 Å². The van der Waals surface area contributed by atoms with Gasteiger partial charge in [-0.1, -0.05) is 31.0 Å². The normalized spacial score (nSPS) is 17.9. The summed E-state index contributed by atoms with van der Waals surface area (Å²) in [6.45, 7) is 1.41. The Morgan fingerprint density at radius 2 is 1.70 bits per heavy atom. The van der Waals surface area contributed by atoms with Gasteiger partial charge < -0.3 is 4.90 Å². The fraction of sp³-hybridized carbons (Fsp3) is 0.533. The van der Waals surface area contributed by atoms with Crippen LogP contribution >= 0.6 is 11.6 Å². The number of rotatable bonds is 3. The second kappa shape index (κ2) is 7.02. The van der Waals surface area contributed by atoms with Gasteiger partial charge in [0.1, 0.15) is 5.38 Å². The quantitative estimate of drug-likeness (QED) is 0.762. The lowest BCUT2D eigenvalue weighted by atomic mass is 10.1. The SMILES string of the molecule is O=C(C(Cl)c1cccc(C(F)F)c1)N1CCCCCC1. The maximum absolute atomic E-state index is 12.7. The van der Waals surface area contributed by atoms with Crippen molar-refractivity contribution in [3.63, 3.8) is 0 Å². The molecule has 5 heteroatoms. The summed E-state index contributed by atoms with van der Waals surface area (Å²) in [6.07, 6.45) is 1.65. The molecule has 1 atom stereocenters. The van der Waals surface area contributed by atoms with Crippen LogP contribution < -0.4 is 0 Å². The number of amides is 1. The van der Waals surface area contributed by atoms with E-state index in [1.54, 1.807) is 11.0 Å². The molecular weight excluding hydrogens is 284 g/mol. The lowest BCUT2D eigenvalue weighted by Gasteiger charge is -2.23. The number of carbonyl (C=O) groups excluding carboxylic acids is 1. The van der Waals surface area contributed by atoms with E-state index in [9.17, 15) is 13.6 Å². The number of benzene rings is 1. The molecule has 1 aromatic carbocycles. The summed E-state index contributed by atoms with van der Waals surface area (Å²) in [5.41, 5.74) is 0.343. The Kier molecular flexibility index (Phi) is 5.35. The molecule has 20 heavy (non-hydrogen) atoms. The summed E-state index contributed by atoms with van der Waals surface area (Å²) in [5.74, 6) is -0.181. The van der Waals surface area contributed by atoms with Gasteiger partial charge in [-0.2, -0.15) is 0 Å². The Labute approximate surface area is 122 Å². The van der Waals surface area contributed by atoms with E-state index >= 15 is 0 Å². The molecule has 1 fully saturated rings. The Balaban J connectivity index is 2.11. The van der Waals surface area contributed by atoms with Crippen LogP contribution in [0.4, 0.5) is 8.78 Å². The molecule has 0 radical (unpaired) electrons. The molecule has 1 aliphatic heterocycles. The molecule has 1 aromatic rings. The predicted octanol–water partition coefficient (Wildman–Crippen LogP) is 4.31. The third-order valence-electron chi connectivity index (χ3n) is 3.59. The Morgan fingerprint density at radius 3 is 2.30 bits per heavy atom. The van der Waals surface area contributed by atoms with Crippen LogP contribution in [-0.2, 0) is 4.79 Å². The molecule has 1 unspecified atom stereocenters. The summed E-state index contributed by atoms with van der Waals surface area (Å²) >= 11 is 6.18. The lowest BCUT2D eigenvalue weighted by molar-refractivity contribution is -0.130. The van der Waals surface area contributed by atoms with Crippen molar-refractivity contribution in [2.75, 3.05) is 13.1 Å². The molecule has 1 saturated heterocycles. The Hall–Kier alpha value is -1.16. The standard InChI is InChI=1S/C15H18ClF2NO/c16-13(11-6-5-7-12(10-11)14(17)18)15(20)19-8-3-1-2-4-9-19/h5-7,10,13-14H,1-4,8-9H2. The third-order valence-corrected chi connectivity index (χ3v) is 4.03. The van der Waals surface area contributed by atoms with Crippen LogP contribution in [0.25, 0.3) is 0 Å². The molecule has 1 aliphatic rings. The first-order chi connectivity index (χ1) is 9.59. The molecule has 2 rings (SSSR count). The van der Waals surface area contributed by atoms with Gasteiger partial charge >= 0.3 is 0 Å². The van der Waals surface area contributed by atoms with Crippen LogP contribution in [0.1, 0.15) is 48.6 Å². The number of likely N-dealkylation sites (tertiary alicyclic amines) is 1. The Bertz CT molecular complexity index is 459. The maximum Gasteiger partial charge on any atom is 0.263 e. The number of carbonyl (C=O) groups is 1. The topological polar surface area (TPSA) is 20.3 Å². The number of nitrogens with zero attached hydrogens (tertiary/aromatic N) is 1. The van der Waals surface area contributed by atoms with Crippen LogP contribution in [0.2, 0.25) is 0 Å². The molecule has 0 spiro atoms. The summed E-state index contributed by atoms with van der Waals surface area (Å²) in [4.78, 5) is 14.1. The van der Waals surface area contributed by atoms with E-state index in [4.69, 9.17) is 11.6 Å². The van der Waals surface area contributed by atoms with Gasteiger partial charge in [0.2, 0.25) is 5.91 Å². The lowest BCUT2D eigenvalue weighted by Crippen LogP contribution is -2.34. The van der Waals surface area contributed by atoms with Crippen molar-refractivity contribution in [2.45, 2.75) is 37.5 Å². The molecule has 2 nitrogen and oxygen atoms in total. The summed E-state index contributed by atoms with van der Waals surface area (Å²) in [6, 6.07) is 5.80. The highest BCUT2D eigenvalue weighted by molar-refractivity contribution is 6.30. The van der Waals surface area contributed by atoms with Gasteiger partial charge in [-0.15, -0.1) is 11.6 Å². The van der Waals surface area contributed by atoms with Crippen LogP contribution in [0, 0.1) is 0 Å². The minimum Gasteiger partial charge on any atom is -0.341 e.